The van der Waals surface area contributed by atoms with Crippen molar-refractivity contribution in [1.82, 2.24) is 0 Å². The third kappa shape index (κ3) is 4.73. The molecular weight excluding hydrogens is 342 g/mol. The first kappa shape index (κ1) is 20.2. The van der Waals surface area contributed by atoms with E-state index in [0.717, 1.165) is 17.2 Å². The Morgan fingerprint density at radius 3 is 2.40 bits per heavy atom. The Hall–Kier alpha value is -1.15. The van der Waals surface area contributed by atoms with Crippen molar-refractivity contribution < 1.29 is 23.6 Å². The zero-order valence-corrected chi connectivity index (χ0v) is 16.1. The predicted octanol–water partition coefficient (Wildman–Crippen LogP) is 3.61. The number of hydrogen-bond acceptors (Lipinski definition) is 5. The minimum atomic E-state index is -0.603. The maximum Gasteiger partial charge on any atom is 0.491 e. The minimum Gasteiger partial charge on any atom is -0.400 e. The second kappa shape index (κ2) is 7.62. The largest absolute Gasteiger partial charge is 0.491 e. The van der Waals surface area contributed by atoms with Crippen LogP contribution in [0.5, 0.6) is 0 Å². The van der Waals surface area contributed by atoms with E-state index in [1.165, 1.54) is 19.1 Å². The molecule has 0 bridgehead atoms. The van der Waals surface area contributed by atoms with Crippen LogP contribution in [-0.4, -0.2) is 34.3 Å². The summed E-state index contributed by atoms with van der Waals surface area (Å²) in [4.78, 5) is 11.4. The second-order valence-corrected chi connectivity index (χ2v) is 8.24. The molecule has 1 fully saturated rings. The topological polar surface area (TPSA) is 55.8 Å². The number of rotatable bonds is 5. The number of aliphatic hydroxyl groups excluding tert-OH is 1. The Morgan fingerprint density at radius 2 is 1.88 bits per heavy atom. The molecule has 1 aliphatic heterocycles. The van der Waals surface area contributed by atoms with Gasteiger partial charge in [0.15, 0.2) is 5.12 Å². The second-order valence-electron chi connectivity index (χ2n) is 7.09. The third-order valence-corrected chi connectivity index (χ3v) is 5.50. The van der Waals surface area contributed by atoms with E-state index in [-0.39, 0.29) is 11.7 Å². The molecule has 0 aromatic heterocycles. The van der Waals surface area contributed by atoms with Crippen LogP contribution in [0.2, 0.25) is 0 Å². The molecule has 0 saturated carbocycles. The molecule has 1 saturated heterocycles. The zero-order chi connectivity index (χ0) is 18.8. The monoisotopic (exact) mass is 366 g/mol. The first-order chi connectivity index (χ1) is 11.6. The summed E-state index contributed by atoms with van der Waals surface area (Å²) in [5, 5.41) is 9.48. The molecule has 25 heavy (non-hydrogen) atoms. The fourth-order valence-corrected chi connectivity index (χ4v) is 3.00. The summed E-state index contributed by atoms with van der Waals surface area (Å²) in [6, 6.07) is 4.24. The molecule has 2 rings (SSSR count). The van der Waals surface area contributed by atoms with Crippen molar-refractivity contribution in [3.05, 3.63) is 40.6 Å². The average molecular weight is 366 g/mol. The molecular formula is C18H24BFO4S. The summed E-state index contributed by atoms with van der Waals surface area (Å²) in [5.74, 6) is -0.00880. The van der Waals surface area contributed by atoms with E-state index in [9.17, 15) is 14.3 Å². The number of carbonyl (C=O) groups is 1. The van der Waals surface area contributed by atoms with Crippen molar-refractivity contribution in [3.63, 3.8) is 0 Å². The molecule has 1 N–H and O–H groups in total. The lowest BCUT2D eigenvalue weighted by molar-refractivity contribution is -0.109. The first-order valence-corrected chi connectivity index (χ1v) is 9.13. The average Bonchev–Trinajstić information content (AvgIpc) is 2.72. The lowest BCUT2D eigenvalue weighted by Crippen LogP contribution is -2.41. The van der Waals surface area contributed by atoms with Crippen LogP contribution in [0.25, 0.3) is 6.08 Å². The Morgan fingerprint density at radius 1 is 1.28 bits per heavy atom. The number of carbonyl (C=O) groups excluding carboxylic acids is 1. The van der Waals surface area contributed by atoms with E-state index in [1.54, 1.807) is 6.07 Å². The molecule has 7 heteroatoms. The van der Waals surface area contributed by atoms with Crippen LogP contribution >= 0.6 is 11.8 Å². The Kier molecular flexibility index (Phi) is 6.15. The van der Waals surface area contributed by atoms with Gasteiger partial charge >= 0.3 is 7.12 Å². The first-order valence-electron chi connectivity index (χ1n) is 8.14. The highest BCUT2D eigenvalue weighted by Gasteiger charge is 2.52. The molecule has 0 unspecified atom stereocenters. The van der Waals surface area contributed by atoms with Crippen molar-refractivity contribution in [2.24, 2.45) is 0 Å². The van der Waals surface area contributed by atoms with E-state index in [0.29, 0.717) is 16.9 Å². The van der Waals surface area contributed by atoms with Gasteiger partial charge in [0, 0.05) is 12.7 Å². The van der Waals surface area contributed by atoms with Gasteiger partial charge in [-0.1, -0.05) is 23.9 Å². The molecule has 136 valence electrons. The summed E-state index contributed by atoms with van der Waals surface area (Å²) in [6.45, 7) is 9.06. The van der Waals surface area contributed by atoms with Gasteiger partial charge in [0.25, 0.3) is 0 Å². The van der Waals surface area contributed by atoms with Gasteiger partial charge in [0.05, 0.1) is 17.8 Å². The predicted molar refractivity (Wildman–Crippen MR) is 99.5 cm³/mol. The van der Waals surface area contributed by atoms with Crippen LogP contribution in [0.1, 0.15) is 45.7 Å². The van der Waals surface area contributed by atoms with Crippen LogP contribution in [0.3, 0.4) is 0 Å². The maximum absolute atomic E-state index is 13.4. The van der Waals surface area contributed by atoms with Gasteiger partial charge in [-0.15, -0.1) is 0 Å². The van der Waals surface area contributed by atoms with Crippen molar-refractivity contribution >= 4 is 30.1 Å². The third-order valence-electron chi connectivity index (χ3n) is 4.61. The molecule has 0 spiro atoms. The number of benzene rings is 1. The van der Waals surface area contributed by atoms with Gasteiger partial charge in [0.2, 0.25) is 0 Å². The summed E-state index contributed by atoms with van der Waals surface area (Å²) < 4.78 is 25.6. The quantitative estimate of drug-likeness (QED) is 0.807. The van der Waals surface area contributed by atoms with Crippen LogP contribution in [0, 0.1) is 5.82 Å². The standard InChI is InChI=1S/C18H24BFO4S/c1-12(22)25-11-15(19-23-17(2,3)18(4,5)24-19)8-13-6-7-16(20)9-14(13)10-21/h6-9,21H,10-11H2,1-5H3. The van der Waals surface area contributed by atoms with Gasteiger partial charge in [-0.05, 0) is 56.4 Å². The molecule has 0 radical (unpaired) electrons. The van der Waals surface area contributed by atoms with E-state index in [1.807, 2.05) is 33.8 Å². The number of aliphatic hydroxyl groups is 1. The molecule has 1 aromatic carbocycles. The fraction of sp³-hybridized carbons (Fsp3) is 0.500. The van der Waals surface area contributed by atoms with Gasteiger partial charge in [-0.25, -0.2) is 4.39 Å². The Bertz CT molecular complexity index is 672. The van der Waals surface area contributed by atoms with Crippen LogP contribution < -0.4 is 0 Å². The van der Waals surface area contributed by atoms with Gasteiger partial charge in [-0.3, -0.25) is 4.79 Å². The summed E-state index contributed by atoms with van der Waals surface area (Å²) in [7, 11) is -0.603. The van der Waals surface area contributed by atoms with Crippen LogP contribution in [0.4, 0.5) is 4.39 Å². The molecule has 4 nitrogen and oxygen atoms in total. The molecule has 1 aliphatic rings. The van der Waals surface area contributed by atoms with E-state index in [4.69, 9.17) is 9.31 Å². The Labute approximate surface area is 152 Å². The van der Waals surface area contributed by atoms with Crippen molar-refractivity contribution in [2.75, 3.05) is 5.75 Å². The maximum atomic E-state index is 13.4. The highest BCUT2D eigenvalue weighted by atomic mass is 32.2. The number of thioether (sulfide) groups is 1. The van der Waals surface area contributed by atoms with E-state index < -0.39 is 24.1 Å². The highest BCUT2D eigenvalue weighted by Crippen LogP contribution is 2.39. The molecule has 0 aliphatic carbocycles. The Balaban J connectivity index is 2.38. The minimum absolute atomic E-state index is 0.0103. The van der Waals surface area contributed by atoms with Crippen LogP contribution in [0.15, 0.2) is 23.7 Å². The highest BCUT2D eigenvalue weighted by molar-refractivity contribution is 8.13. The van der Waals surface area contributed by atoms with Crippen LogP contribution in [-0.2, 0) is 20.7 Å². The van der Waals surface area contributed by atoms with Crippen molar-refractivity contribution in [3.8, 4) is 0 Å². The lowest BCUT2D eigenvalue weighted by Gasteiger charge is -2.32. The molecule has 1 heterocycles. The van der Waals surface area contributed by atoms with E-state index >= 15 is 0 Å². The molecule has 0 atom stereocenters. The SMILES string of the molecule is CC(=O)SCC(=Cc1ccc(F)cc1CO)B1OC(C)(C)C(C)(C)O1. The summed E-state index contributed by atoms with van der Waals surface area (Å²) >= 11 is 1.16. The van der Waals surface area contributed by atoms with E-state index in [2.05, 4.69) is 0 Å². The smallest absolute Gasteiger partial charge is 0.400 e. The summed E-state index contributed by atoms with van der Waals surface area (Å²) in [5.41, 5.74) is 0.917. The normalized spacial score (nSPS) is 19.3. The molecule has 1 aromatic rings. The number of halogens is 1. The number of hydrogen-bond donors (Lipinski definition) is 1. The lowest BCUT2D eigenvalue weighted by atomic mass is 9.78. The summed E-state index contributed by atoms with van der Waals surface area (Å²) in [6.07, 6.45) is 1.81. The van der Waals surface area contributed by atoms with Gasteiger partial charge < -0.3 is 14.4 Å². The zero-order valence-electron chi connectivity index (χ0n) is 15.3. The van der Waals surface area contributed by atoms with Gasteiger partial charge in [0.1, 0.15) is 5.82 Å². The van der Waals surface area contributed by atoms with Crippen molar-refractivity contribution in [2.45, 2.75) is 52.4 Å². The van der Waals surface area contributed by atoms with Crippen molar-refractivity contribution in [1.29, 1.82) is 0 Å². The molecule has 0 amide bonds. The van der Waals surface area contributed by atoms with Gasteiger partial charge in [-0.2, -0.15) is 0 Å². The fourth-order valence-electron chi connectivity index (χ4n) is 2.41.